The molecule has 1 N–H and O–H groups in total. The number of rotatable bonds is 5. The van der Waals surface area contributed by atoms with Crippen LogP contribution < -0.4 is 9.47 Å². The summed E-state index contributed by atoms with van der Waals surface area (Å²) in [5, 5.41) is 13.3. The summed E-state index contributed by atoms with van der Waals surface area (Å²) in [5.74, 6) is 0.297. The molecule has 21 heavy (non-hydrogen) atoms. The number of carboxylic acid groups (broad SMARTS) is 1. The fraction of sp³-hybridized carbons (Fsp3) is 0.333. The number of methoxy groups -OCH3 is 2. The monoisotopic (exact) mass is 291 g/mol. The number of benzene rings is 1. The fourth-order valence-electron chi connectivity index (χ4n) is 2.04. The molecule has 0 unspecified atom stereocenters. The Kier molecular flexibility index (Phi) is 4.16. The van der Waals surface area contributed by atoms with Gasteiger partial charge in [0.1, 0.15) is 22.8 Å². The Labute approximate surface area is 122 Å². The van der Waals surface area contributed by atoms with Crippen molar-refractivity contribution in [3.8, 4) is 22.8 Å². The molecular weight excluding hydrogens is 274 g/mol. The summed E-state index contributed by atoms with van der Waals surface area (Å²) in [7, 11) is 3.05. The molecule has 0 amide bonds. The average molecular weight is 291 g/mol. The molecule has 0 fully saturated rings. The van der Waals surface area contributed by atoms with Crippen LogP contribution in [0.25, 0.3) is 11.3 Å². The highest BCUT2D eigenvalue weighted by molar-refractivity contribution is 5.96. The highest BCUT2D eigenvalue weighted by Gasteiger charge is 2.25. The van der Waals surface area contributed by atoms with Crippen molar-refractivity contribution >= 4 is 5.97 Å². The third-order valence-electron chi connectivity index (χ3n) is 3.08. The van der Waals surface area contributed by atoms with Gasteiger partial charge in [-0.2, -0.15) is 0 Å². The zero-order valence-electron chi connectivity index (χ0n) is 12.3. The van der Waals surface area contributed by atoms with Gasteiger partial charge in [0.2, 0.25) is 0 Å². The normalized spacial score (nSPS) is 10.7. The first-order chi connectivity index (χ1) is 9.97. The summed E-state index contributed by atoms with van der Waals surface area (Å²) in [6, 6.07) is 5.08. The predicted molar refractivity (Wildman–Crippen MR) is 76.1 cm³/mol. The van der Waals surface area contributed by atoms with Crippen LogP contribution in [0.4, 0.5) is 0 Å². The molecule has 2 rings (SSSR count). The second-order valence-corrected chi connectivity index (χ2v) is 4.83. The van der Waals surface area contributed by atoms with Gasteiger partial charge in [-0.05, 0) is 12.1 Å². The molecule has 0 aliphatic carbocycles. The van der Waals surface area contributed by atoms with E-state index >= 15 is 0 Å². The van der Waals surface area contributed by atoms with E-state index in [2.05, 4.69) is 5.16 Å². The summed E-state index contributed by atoms with van der Waals surface area (Å²) in [5.41, 5.74) is 0.906. The van der Waals surface area contributed by atoms with Crippen LogP contribution in [0.3, 0.4) is 0 Å². The third-order valence-corrected chi connectivity index (χ3v) is 3.08. The van der Waals surface area contributed by atoms with Gasteiger partial charge in [-0.3, -0.25) is 0 Å². The van der Waals surface area contributed by atoms with Gasteiger partial charge in [-0.15, -0.1) is 0 Å². The van der Waals surface area contributed by atoms with E-state index in [1.807, 2.05) is 13.8 Å². The maximum absolute atomic E-state index is 11.5. The van der Waals surface area contributed by atoms with Crippen LogP contribution in [-0.2, 0) is 0 Å². The summed E-state index contributed by atoms with van der Waals surface area (Å²) in [6.07, 6.45) is 0. The molecule has 6 nitrogen and oxygen atoms in total. The van der Waals surface area contributed by atoms with E-state index < -0.39 is 5.97 Å². The Bertz CT molecular complexity index is 638. The molecule has 0 saturated heterocycles. The number of aromatic carboxylic acids is 1. The fourth-order valence-corrected chi connectivity index (χ4v) is 2.04. The first-order valence-electron chi connectivity index (χ1n) is 6.44. The number of nitrogens with zero attached hydrogens (tertiary/aromatic N) is 1. The van der Waals surface area contributed by atoms with Crippen LogP contribution in [0.2, 0.25) is 0 Å². The van der Waals surface area contributed by atoms with Crippen molar-refractivity contribution in [3.63, 3.8) is 0 Å². The molecule has 1 heterocycles. The quantitative estimate of drug-likeness (QED) is 0.911. The van der Waals surface area contributed by atoms with E-state index in [0.29, 0.717) is 22.8 Å². The highest BCUT2D eigenvalue weighted by atomic mass is 16.5. The van der Waals surface area contributed by atoms with E-state index in [1.54, 1.807) is 18.2 Å². The first kappa shape index (κ1) is 14.9. The van der Waals surface area contributed by atoms with E-state index in [9.17, 15) is 9.90 Å². The number of hydrogen-bond acceptors (Lipinski definition) is 5. The summed E-state index contributed by atoms with van der Waals surface area (Å²) in [6.45, 7) is 3.70. The molecule has 0 spiro atoms. The lowest BCUT2D eigenvalue weighted by Gasteiger charge is -2.07. The minimum absolute atomic E-state index is 0.0697. The molecule has 0 bridgehead atoms. The van der Waals surface area contributed by atoms with E-state index in [-0.39, 0.29) is 17.2 Å². The SMILES string of the molecule is COc1cc(OC)cc(-c2noc(C(C)C)c2C(=O)O)c1. The molecule has 2 aromatic rings. The van der Waals surface area contributed by atoms with Gasteiger partial charge < -0.3 is 19.1 Å². The minimum atomic E-state index is -1.07. The molecule has 112 valence electrons. The van der Waals surface area contributed by atoms with Crippen LogP contribution in [0, 0.1) is 0 Å². The lowest BCUT2D eigenvalue weighted by Crippen LogP contribution is -2.02. The molecule has 6 heteroatoms. The Morgan fingerprint density at radius 2 is 1.76 bits per heavy atom. The number of carboxylic acids is 1. The Morgan fingerprint density at radius 3 is 2.19 bits per heavy atom. The number of hydrogen-bond donors (Lipinski definition) is 1. The van der Waals surface area contributed by atoms with Gasteiger partial charge >= 0.3 is 5.97 Å². The molecule has 0 aliphatic rings. The standard InChI is InChI=1S/C15H17NO5/c1-8(2)14-12(15(17)18)13(16-21-14)9-5-10(19-3)7-11(6-9)20-4/h5-8H,1-4H3,(H,17,18). The largest absolute Gasteiger partial charge is 0.497 e. The van der Waals surface area contributed by atoms with E-state index in [4.69, 9.17) is 14.0 Å². The lowest BCUT2D eigenvalue weighted by molar-refractivity contribution is 0.0694. The van der Waals surface area contributed by atoms with Crippen LogP contribution in [0.5, 0.6) is 11.5 Å². The Morgan fingerprint density at radius 1 is 1.19 bits per heavy atom. The van der Waals surface area contributed by atoms with Crippen molar-refractivity contribution in [1.82, 2.24) is 5.16 Å². The summed E-state index contributed by atoms with van der Waals surface area (Å²) in [4.78, 5) is 11.5. The predicted octanol–water partition coefficient (Wildman–Crippen LogP) is 3.18. The van der Waals surface area contributed by atoms with Crippen molar-refractivity contribution in [2.24, 2.45) is 0 Å². The van der Waals surface area contributed by atoms with Gasteiger partial charge in [0, 0.05) is 17.5 Å². The molecule has 0 atom stereocenters. The third kappa shape index (κ3) is 2.84. The summed E-state index contributed by atoms with van der Waals surface area (Å²) >= 11 is 0. The summed E-state index contributed by atoms with van der Waals surface area (Å²) < 4.78 is 15.6. The zero-order chi connectivity index (χ0) is 15.6. The Hall–Kier alpha value is -2.50. The second-order valence-electron chi connectivity index (χ2n) is 4.83. The lowest BCUT2D eigenvalue weighted by atomic mass is 10.0. The van der Waals surface area contributed by atoms with Gasteiger partial charge in [0.05, 0.1) is 14.2 Å². The molecule has 1 aromatic carbocycles. The number of ether oxygens (including phenoxy) is 2. The van der Waals surface area contributed by atoms with Gasteiger partial charge in [0.15, 0.2) is 5.76 Å². The van der Waals surface area contributed by atoms with Gasteiger partial charge in [-0.1, -0.05) is 19.0 Å². The topological polar surface area (TPSA) is 81.8 Å². The minimum Gasteiger partial charge on any atom is -0.497 e. The van der Waals surface area contributed by atoms with Crippen LogP contribution in [0.15, 0.2) is 22.7 Å². The van der Waals surface area contributed by atoms with Gasteiger partial charge in [-0.25, -0.2) is 4.79 Å². The molecule has 1 aromatic heterocycles. The smallest absolute Gasteiger partial charge is 0.341 e. The van der Waals surface area contributed by atoms with Crippen molar-refractivity contribution in [2.45, 2.75) is 19.8 Å². The number of carbonyl (C=O) groups is 1. The number of aromatic nitrogens is 1. The highest BCUT2D eigenvalue weighted by Crippen LogP contribution is 2.34. The molecule has 0 saturated carbocycles. The zero-order valence-corrected chi connectivity index (χ0v) is 12.3. The van der Waals surface area contributed by atoms with Gasteiger partial charge in [0.25, 0.3) is 0 Å². The maximum atomic E-state index is 11.5. The maximum Gasteiger partial charge on any atom is 0.341 e. The average Bonchev–Trinajstić information content (AvgIpc) is 2.91. The van der Waals surface area contributed by atoms with Crippen molar-refractivity contribution in [3.05, 3.63) is 29.5 Å². The second kappa shape index (κ2) is 5.87. The molecule has 0 radical (unpaired) electrons. The van der Waals surface area contributed by atoms with E-state index in [1.165, 1.54) is 14.2 Å². The Balaban J connectivity index is 2.64. The molecule has 0 aliphatic heterocycles. The first-order valence-corrected chi connectivity index (χ1v) is 6.44. The van der Waals surface area contributed by atoms with Crippen molar-refractivity contribution in [1.29, 1.82) is 0 Å². The van der Waals surface area contributed by atoms with Crippen molar-refractivity contribution < 1.29 is 23.9 Å². The van der Waals surface area contributed by atoms with Crippen LogP contribution in [0.1, 0.15) is 35.9 Å². The molecular formula is C15H17NO5. The van der Waals surface area contributed by atoms with Crippen LogP contribution >= 0.6 is 0 Å². The van der Waals surface area contributed by atoms with E-state index in [0.717, 1.165) is 0 Å². The van der Waals surface area contributed by atoms with Crippen molar-refractivity contribution in [2.75, 3.05) is 14.2 Å². The van der Waals surface area contributed by atoms with Crippen LogP contribution in [-0.4, -0.2) is 30.5 Å².